The molecule has 1 amide bonds. The van der Waals surface area contributed by atoms with Crippen molar-refractivity contribution in [2.75, 3.05) is 0 Å². The molecule has 0 saturated heterocycles. The van der Waals surface area contributed by atoms with Crippen molar-refractivity contribution in [2.45, 2.75) is 39.2 Å². The SMILES string of the molecule is CC(C)C[C@@H](NC(=O)CCc1nc(-c2ccsc2)no1)C(=O)O. The van der Waals surface area contributed by atoms with Crippen molar-refractivity contribution in [1.82, 2.24) is 15.5 Å². The predicted molar refractivity (Wildman–Crippen MR) is 85.0 cm³/mol. The molecule has 0 bridgehead atoms. The number of hydrogen-bond acceptors (Lipinski definition) is 6. The fourth-order valence-electron chi connectivity index (χ4n) is 2.05. The highest BCUT2D eigenvalue weighted by Gasteiger charge is 2.21. The van der Waals surface area contributed by atoms with Crippen LogP contribution in [0.3, 0.4) is 0 Å². The Kier molecular flexibility index (Phi) is 5.86. The number of aromatic nitrogens is 2. The number of hydrogen-bond donors (Lipinski definition) is 2. The van der Waals surface area contributed by atoms with Crippen LogP contribution in [0.4, 0.5) is 0 Å². The van der Waals surface area contributed by atoms with Crippen LogP contribution >= 0.6 is 11.3 Å². The molecule has 2 N–H and O–H groups in total. The quantitative estimate of drug-likeness (QED) is 0.766. The van der Waals surface area contributed by atoms with E-state index in [1.165, 1.54) is 11.3 Å². The number of carbonyl (C=O) groups excluding carboxylic acids is 1. The average molecular weight is 337 g/mol. The number of amides is 1. The van der Waals surface area contributed by atoms with Gasteiger partial charge < -0.3 is 14.9 Å². The van der Waals surface area contributed by atoms with Gasteiger partial charge in [0, 0.05) is 23.8 Å². The molecular formula is C15H19N3O4S. The summed E-state index contributed by atoms with van der Waals surface area (Å²) in [6.45, 7) is 3.82. The Balaban J connectivity index is 1.85. The van der Waals surface area contributed by atoms with Crippen molar-refractivity contribution in [3.05, 3.63) is 22.7 Å². The molecule has 0 spiro atoms. The van der Waals surface area contributed by atoms with E-state index in [0.29, 0.717) is 18.1 Å². The Bertz CT molecular complexity index is 651. The van der Waals surface area contributed by atoms with Crippen LogP contribution < -0.4 is 5.32 Å². The van der Waals surface area contributed by atoms with Crippen LogP contribution in [-0.4, -0.2) is 33.2 Å². The fourth-order valence-corrected chi connectivity index (χ4v) is 2.68. The highest BCUT2D eigenvalue weighted by atomic mass is 32.1. The first-order chi connectivity index (χ1) is 11.0. The van der Waals surface area contributed by atoms with Gasteiger partial charge in [-0.15, -0.1) is 0 Å². The van der Waals surface area contributed by atoms with Crippen LogP contribution in [0, 0.1) is 5.92 Å². The van der Waals surface area contributed by atoms with E-state index in [2.05, 4.69) is 15.5 Å². The zero-order chi connectivity index (χ0) is 16.8. The van der Waals surface area contributed by atoms with Gasteiger partial charge in [0.05, 0.1) is 0 Å². The van der Waals surface area contributed by atoms with Crippen LogP contribution in [0.25, 0.3) is 11.4 Å². The lowest BCUT2D eigenvalue weighted by molar-refractivity contribution is -0.142. The summed E-state index contributed by atoms with van der Waals surface area (Å²) in [5.41, 5.74) is 0.873. The number of carbonyl (C=O) groups is 2. The second-order valence-electron chi connectivity index (χ2n) is 5.61. The van der Waals surface area contributed by atoms with Crippen LogP contribution in [0.5, 0.6) is 0 Å². The van der Waals surface area contributed by atoms with Gasteiger partial charge in [-0.1, -0.05) is 19.0 Å². The summed E-state index contributed by atoms with van der Waals surface area (Å²) in [6, 6.07) is 1.02. The second-order valence-corrected chi connectivity index (χ2v) is 6.39. The van der Waals surface area contributed by atoms with Gasteiger partial charge in [0.25, 0.3) is 0 Å². The molecule has 2 aromatic rings. The lowest BCUT2D eigenvalue weighted by atomic mass is 10.0. The molecule has 0 saturated carbocycles. The standard InChI is InChI=1S/C15H19N3O4S/c1-9(2)7-11(15(20)21)16-12(19)3-4-13-17-14(18-22-13)10-5-6-23-8-10/h5-6,8-9,11H,3-4,7H2,1-2H3,(H,16,19)(H,20,21)/t11-/m1/s1. The Morgan fingerprint density at radius 3 is 2.83 bits per heavy atom. The molecule has 23 heavy (non-hydrogen) atoms. The number of carboxylic acid groups (broad SMARTS) is 1. The van der Waals surface area contributed by atoms with Crippen LogP contribution in [0.2, 0.25) is 0 Å². The number of thiophene rings is 1. The Labute approximate surface area is 137 Å². The van der Waals surface area contributed by atoms with Crippen molar-refractivity contribution >= 4 is 23.2 Å². The van der Waals surface area contributed by atoms with E-state index < -0.39 is 12.0 Å². The van der Waals surface area contributed by atoms with E-state index in [0.717, 1.165) is 5.56 Å². The van der Waals surface area contributed by atoms with E-state index in [9.17, 15) is 9.59 Å². The van der Waals surface area contributed by atoms with Gasteiger partial charge in [0.1, 0.15) is 6.04 Å². The molecule has 0 aliphatic carbocycles. The first-order valence-corrected chi connectivity index (χ1v) is 8.27. The largest absolute Gasteiger partial charge is 0.480 e. The molecule has 0 aromatic carbocycles. The molecule has 7 nitrogen and oxygen atoms in total. The summed E-state index contributed by atoms with van der Waals surface area (Å²) < 4.78 is 5.10. The highest BCUT2D eigenvalue weighted by molar-refractivity contribution is 7.08. The summed E-state index contributed by atoms with van der Waals surface area (Å²) >= 11 is 1.53. The van der Waals surface area contributed by atoms with Crippen LogP contribution in [0.1, 0.15) is 32.6 Å². The Hall–Kier alpha value is -2.22. The van der Waals surface area contributed by atoms with Crippen molar-refractivity contribution in [3.63, 3.8) is 0 Å². The van der Waals surface area contributed by atoms with Gasteiger partial charge in [0.15, 0.2) is 0 Å². The minimum absolute atomic E-state index is 0.104. The van der Waals surface area contributed by atoms with E-state index in [-0.39, 0.29) is 24.7 Å². The van der Waals surface area contributed by atoms with E-state index in [1.807, 2.05) is 30.7 Å². The van der Waals surface area contributed by atoms with Crippen LogP contribution in [-0.2, 0) is 16.0 Å². The minimum Gasteiger partial charge on any atom is -0.480 e. The molecule has 0 radical (unpaired) electrons. The summed E-state index contributed by atoms with van der Waals surface area (Å²) in [5, 5.41) is 19.3. The summed E-state index contributed by atoms with van der Waals surface area (Å²) in [7, 11) is 0. The maximum atomic E-state index is 11.9. The normalized spacial score (nSPS) is 12.3. The van der Waals surface area contributed by atoms with Crippen molar-refractivity contribution in [3.8, 4) is 11.4 Å². The molecule has 0 aliphatic rings. The zero-order valence-electron chi connectivity index (χ0n) is 13.0. The molecule has 8 heteroatoms. The molecule has 1 atom stereocenters. The lowest BCUT2D eigenvalue weighted by Crippen LogP contribution is -2.41. The van der Waals surface area contributed by atoms with E-state index in [4.69, 9.17) is 9.63 Å². The molecule has 0 unspecified atom stereocenters. The number of nitrogens with zero attached hydrogens (tertiary/aromatic N) is 2. The molecular weight excluding hydrogens is 318 g/mol. The fraction of sp³-hybridized carbons (Fsp3) is 0.467. The van der Waals surface area contributed by atoms with Gasteiger partial charge in [-0.25, -0.2) is 4.79 Å². The average Bonchev–Trinajstić information content (AvgIpc) is 3.14. The third-order valence-corrected chi connectivity index (χ3v) is 3.84. The first kappa shape index (κ1) is 17.1. The van der Waals surface area contributed by atoms with Gasteiger partial charge in [-0.05, 0) is 23.8 Å². The van der Waals surface area contributed by atoms with Crippen molar-refractivity contribution in [2.24, 2.45) is 5.92 Å². The third-order valence-electron chi connectivity index (χ3n) is 3.15. The second kappa shape index (κ2) is 7.87. The number of aliphatic carboxylic acids is 1. The lowest BCUT2D eigenvalue weighted by Gasteiger charge is -2.16. The maximum Gasteiger partial charge on any atom is 0.326 e. The Morgan fingerprint density at radius 1 is 1.43 bits per heavy atom. The summed E-state index contributed by atoms with van der Waals surface area (Å²) in [5.74, 6) is -0.333. The van der Waals surface area contributed by atoms with Crippen molar-refractivity contribution in [1.29, 1.82) is 0 Å². The summed E-state index contributed by atoms with van der Waals surface area (Å²) in [4.78, 5) is 27.2. The number of carboxylic acids is 1. The van der Waals surface area contributed by atoms with E-state index >= 15 is 0 Å². The maximum absolute atomic E-state index is 11.9. The van der Waals surface area contributed by atoms with E-state index in [1.54, 1.807) is 0 Å². The number of aryl methyl sites for hydroxylation is 1. The third kappa shape index (κ3) is 5.17. The van der Waals surface area contributed by atoms with Gasteiger partial charge >= 0.3 is 5.97 Å². The van der Waals surface area contributed by atoms with Crippen LogP contribution in [0.15, 0.2) is 21.3 Å². The molecule has 2 aromatic heterocycles. The predicted octanol–water partition coefficient (Wildman–Crippen LogP) is 2.35. The molecule has 2 rings (SSSR count). The topological polar surface area (TPSA) is 105 Å². The van der Waals surface area contributed by atoms with Crippen molar-refractivity contribution < 1.29 is 19.2 Å². The van der Waals surface area contributed by atoms with Gasteiger partial charge in [0.2, 0.25) is 17.6 Å². The molecule has 0 fully saturated rings. The summed E-state index contributed by atoms with van der Waals surface area (Å²) in [6.07, 6.45) is 0.772. The highest BCUT2D eigenvalue weighted by Crippen LogP contribution is 2.19. The number of nitrogens with one attached hydrogen (secondary N) is 1. The smallest absolute Gasteiger partial charge is 0.326 e. The molecule has 2 heterocycles. The molecule has 124 valence electrons. The first-order valence-electron chi connectivity index (χ1n) is 7.33. The Morgan fingerprint density at radius 2 is 2.22 bits per heavy atom. The van der Waals surface area contributed by atoms with Gasteiger partial charge in [-0.2, -0.15) is 16.3 Å². The monoisotopic (exact) mass is 337 g/mol. The minimum atomic E-state index is -1.02. The zero-order valence-corrected chi connectivity index (χ0v) is 13.8. The number of rotatable bonds is 8. The molecule has 0 aliphatic heterocycles. The van der Waals surface area contributed by atoms with Gasteiger partial charge in [-0.3, -0.25) is 4.79 Å².